The number of benzene rings is 2. The van der Waals surface area contributed by atoms with Gasteiger partial charge >= 0.3 is 0 Å². The maximum Gasteiger partial charge on any atom is 0.225 e. The van der Waals surface area contributed by atoms with Gasteiger partial charge in [0.25, 0.3) is 0 Å². The van der Waals surface area contributed by atoms with Gasteiger partial charge in [-0.1, -0.05) is 30.3 Å². The Bertz CT molecular complexity index is 665. The Morgan fingerprint density at radius 3 is 2.62 bits per heavy atom. The molecule has 0 aliphatic heterocycles. The summed E-state index contributed by atoms with van der Waals surface area (Å²) in [5, 5.41) is 15.2. The monoisotopic (exact) mass is 334 g/mol. The van der Waals surface area contributed by atoms with Crippen molar-refractivity contribution in [1.82, 2.24) is 5.32 Å². The van der Waals surface area contributed by atoms with Crippen molar-refractivity contribution in [3.05, 3.63) is 65.7 Å². The second kappa shape index (κ2) is 9.10. The third-order valence-corrected chi connectivity index (χ3v) is 3.43. The first-order chi connectivity index (χ1) is 11.5. The molecule has 0 heterocycles. The van der Waals surface area contributed by atoms with E-state index >= 15 is 0 Å². The minimum atomic E-state index is -0.684. The Balaban J connectivity index is 1.66. The Morgan fingerprint density at radius 2 is 1.88 bits per heavy atom. The van der Waals surface area contributed by atoms with Gasteiger partial charge in [-0.05, 0) is 24.1 Å². The number of halogens is 2. The highest BCUT2D eigenvalue weighted by molar-refractivity contribution is 5.90. The van der Waals surface area contributed by atoms with Crippen molar-refractivity contribution < 1.29 is 18.7 Å². The van der Waals surface area contributed by atoms with Gasteiger partial charge in [0, 0.05) is 25.6 Å². The van der Waals surface area contributed by atoms with Gasteiger partial charge in [0.1, 0.15) is 11.6 Å². The van der Waals surface area contributed by atoms with Gasteiger partial charge in [0.15, 0.2) is 0 Å². The SMILES string of the molecule is O=C(CCNC[C@H](O)Cc1ccccc1)Nc1cc(F)ccc1F. The van der Waals surface area contributed by atoms with Crippen LogP contribution in [0.1, 0.15) is 12.0 Å². The summed E-state index contributed by atoms with van der Waals surface area (Å²) in [5.41, 5.74) is 0.857. The predicted octanol–water partition coefficient (Wildman–Crippen LogP) is 2.49. The minimum Gasteiger partial charge on any atom is -0.391 e. The molecule has 0 spiro atoms. The zero-order valence-electron chi connectivity index (χ0n) is 13.1. The van der Waals surface area contributed by atoms with Crippen LogP contribution in [-0.4, -0.2) is 30.2 Å². The molecule has 128 valence electrons. The molecule has 0 radical (unpaired) electrons. The molecule has 0 aromatic heterocycles. The summed E-state index contributed by atoms with van der Waals surface area (Å²) in [6.45, 7) is 0.672. The maximum absolute atomic E-state index is 13.4. The number of aliphatic hydroxyl groups is 1. The lowest BCUT2D eigenvalue weighted by Crippen LogP contribution is -2.30. The van der Waals surface area contributed by atoms with Crippen molar-refractivity contribution >= 4 is 11.6 Å². The molecule has 1 atom stereocenters. The molecule has 24 heavy (non-hydrogen) atoms. The fourth-order valence-electron chi connectivity index (χ4n) is 2.23. The highest BCUT2D eigenvalue weighted by Crippen LogP contribution is 2.15. The predicted molar refractivity (Wildman–Crippen MR) is 88.6 cm³/mol. The van der Waals surface area contributed by atoms with Gasteiger partial charge in [-0.25, -0.2) is 8.78 Å². The van der Waals surface area contributed by atoms with Crippen molar-refractivity contribution in [2.75, 3.05) is 18.4 Å². The average molecular weight is 334 g/mol. The number of amides is 1. The highest BCUT2D eigenvalue weighted by Gasteiger charge is 2.09. The topological polar surface area (TPSA) is 61.4 Å². The Hall–Kier alpha value is -2.31. The van der Waals surface area contributed by atoms with E-state index in [0.29, 0.717) is 19.5 Å². The maximum atomic E-state index is 13.4. The van der Waals surface area contributed by atoms with E-state index in [2.05, 4.69) is 10.6 Å². The number of hydrogen-bond acceptors (Lipinski definition) is 3. The van der Waals surface area contributed by atoms with Crippen LogP contribution in [0.4, 0.5) is 14.5 Å². The standard InChI is InChI=1S/C18H20F2N2O2/c19-14-6-7-16(20)17(11-14)22-18(24)8-9-21-12-15(23)10-13-4-2-1-3-5-13/h1-7,11,15,21,23H,8-10,12H2,(H,22,24)/t15-/m1/s1. The summed E-state index contributed by atoms with van der Waals surface area (Å²) in [5.74, 6) is -1.73. The number of carbonyl (C=O) groups excluding carboxylic acids is 1. The lowest BCUT2D eigenvalue weighted by Gasteiger charge is -2.12. The first-order valence-electron chi connectivity index (χ1n) is 7.72. The fraction of sp³-hybridized carbons (Fsp3) is 0.278. The van der Waals surface area contributed by atoms with Crippen LogP contribution in [0.3, 0.4) is 0 Å². The number of carbonyl (C=O) groups is 1. The van der Waals surface area contributed by atoms with Crippen LogP contribution in [0.25, 0.3) is 0 Å². The second-order valence-corrected chi connectivity index (χ2v) is 5.47. The number of nitrogens with one attached hydrogen (secondary N) is 2. The van der Waals surface area contributed by atoms with E-state index in [0.717, 1.165) is 23.8 Å². The van der Waals surface area contributed by atoms with Crippen LogP contribution < -0.4 is 10.6 Å². The molecular formula is C18H20F2N2O2. The van der Waals surface area contributed by atoms with Crippen molar-refractivity contribution in [3.8, 4) is 0 Å². The van der Waals surface area contributed by atoms with E-state index in [4.69, 9.17) is 0 Å². The third kappa shape index (κ3) is 6.06. The zero-order valence-corrected chi connectivity index (χ0v) is 13.1. The minimum absolute atomic E-state index is 0.0913. The van der Waals surface area contributed by atoms with E-state index in [1.807, 2.05) is 30.3 Å². The first kappa shape index (κ1) is 18.0. The van der Waals surface area contributed by atoms with E-state index in [1.54, 1.807) is 0 Å². The lowest BCUT2D eigenvalue weighted by molar-refractivity contribution is -0.116. The van der Waals surface area contributed by atoms with Gasteiger partial charge in [-0.2, -0.15) is 0 Å². The van der Waals surface area contributed by atoms with Crippen LogP contribution >= 0.6 is 0 Å². The van der Waals surface area contributed by atoms with Crippen LogP contribution in [0.2, 0.25) is 0 Å². The summed E-state index contributed by atoms with van der Waals surface area (Å²) in [4.78, 5) is 11.7. The number of rotatable bonds is 8. The summed E-state index contributed by atoms with van der Waals surface area (Å²) >= 11 is 0. The quantitative estimate of drug-likeness (QED) is 0.650. The molecule has 0 fully saturated rings. The van der Waals surface area contributed by atoms with Crippen molar-refractivity contribution in [2.24, 2.45) is 0 Å². The molecule has 0 unspecified atom stereocenters. The molecular weight excluding hydrogens is 314 g/mol. The molecule has 6 heteroatoms. The molecule has 3 N–H and O–H groups in total. The van der Waals surface area contributed by atoms with E-state index in [1.165, 1.54) is 0 Å². The largest absolute Gasteiger partial charge is 0.391 e. The van der Waals surface area contributed by atoms with Gasteiger partial charge in [-0.3, -0.25) is 4.79 Å². The molecule has 2 aromatic rings. The zero-order chi connectivity index (χ0) is 17.4. The number of anilines is 1. The lowest BCUT2D eigenvalue weighted by atomic mass is 10.1. The molecule has 0 aliphatic rings. The number of hydrogen-bond donors (Lipinski definition) is 3. The molecule has 2 aromatic carbocycles. The van der Waals surface area contributed by atoms with Gasteiger partial charge in [-0.15, -0.1) is 0 Å². The Morgan fingerprint density at radius 1 is 1.12 bits per heavy atom. The van der Waals surface area contributed by atoms with E-state index < -0.39 is 23.6 Å². The Kier molecular flexibility index (Phi) is 6.84. The van der Waals surface area contributed by atoms with Crippen LogP contribution in [0, 0.1) is 11.6 Å². The van der Waals surface area contributed by atoms with Gasteiger partial charge < -0.3 is 15.7 Å². The summed E-state index contributed by atoms with van der Waals surface area (Å²) in [7, 11) is 0. The van der Waals surface area contributed by atoms with Crippen LogP contribution in [0.5, 0.6) is 0 Å². The fourth-order valence-corrected chi connectivity index (χ4v) is 2.23. The second-order valence-electron chi connectivity index (χ2n) is 5.47. The summed E-state index contributed by atoms with van der Waals surface area (Å²) in [6, 6.07) is 12.5. The number of aliphatic hydroxyl groups excluding tert-OH is 1. The Labute approximate surface area is 139 Å². The van der Waals surface area contributed by atoms with Crippen molar-refractivity contribution in [1.29, 1.82) is 0 Å². The summed E-state index contributed by atoms with van der Waals surface area (Å²) in [6.07, 6.45) is 0.0545. The third-order valence-electron chi connectivity index (χ3n) is 3.43. The van der Waals surface area contributed by atoms with Crippen LogP contribution in [0.15, 0.2) is 48.5 Å². The molecule has 4 nitrogen and oxygen atoms in total. The smallest absolute Gasteiger partial charge is 0.225 e. The molecule has 2 rings (SSSR count). The molecule has 0 bridgehead atoms. The van der Waals surface area contributed by atoms with E-state index in [-0.39, 0.29) is 12.1 Å². The molecule has 0 saturated heterocycles. The summed E-state index contributed by atoms with van der Waals surface area (Å²) < 4.78 is 26.4. The van der Waals surface area contributed by atoms with Crippen LogP contribution in [-0.2, 0) is 11.2 Å². The average Bonchev–Trinajstić information content (AvgIpc) is 2.56. The first-order valence-corrected chi connectivity index (χ1v) is 7.72. The van der Waals surface area contributed by atoms with E-state index in [9.17, 15) is 18.7 Å². The van der Waals surface area contributed by atoms with Gasteiger partial charge in [0.05, 0.1) is 11.8 Å². The van der Waals surface area contributed by atoms with Crippen molar-refractivity contribution in [2.45, 2.75) is 18.9 Å². The van der Waals surface area contributed by atoms with Gasteiger partial charge in [0.2, 0.25) is 5.91 Å². The highest BCUT2D eigenvalue weighted by atomic mass is 19.1. The molecule has 0 aliphatic carbocycles. The molecule has 0 saturated carbocycles. The van der Waals surface area contributed by atoms with Crippen molar-refractivity contribution in [3.63, 3.8) is 0 Å². The normalized spacial score (nSPS) is 12.0. The molecule has 1 amide bonds.